The van der Waals surface area contributed by atoms with Crippen molar-refractivity contribution in [1.29, 1.82) is 0 Å². The lowest BCUT2D eigenvalue weighted by Gasteiger charge is -2.30. The van der Waals surface area contributed by atoms with E-state index in [1.807, 2.05) is 24.3 Å². The highest BCUT2D eigenvalue weighted by atomic mass is 16.2. The van der Waals surface area contributed by atoms with E-state index in [2.05, 4.69) is 34.8 Å². The van der Waals surface area contributed by atoms with Gasteiger partial charge in [0.15, 0.2) is 0 Å². The molecule has 0 aliphatic heterocycles. The Morgan fingerprint density at radius 1 is 1.06 bits per heavy atom. The Kier molecular flexibility index (Phi) is 6.77. The number of fused-ring (bicyclic) bond motifs is 2. The molecule has 4 rings (SSSR count). The van der Waals surface area contributed by atoms with Crippen molar-refractivity contribution in [3.63, 3.8) is 0 Å². The monoisotopic (exact) mass is 448 g/mol. The lowest BCUT2D eigenvalue weighted by Crippen LogP contribution is -2.49. The van der Waals surface area contributed by atoms with Gasteiger partial charge < -0.3 is 16.0 Å². The standard InChI is InChI=1S/C26H32N4O3/c1-4-15(2)19-7-5-6-8-20(19)29-25(32)21-12-11-18(14-28-21)24(31)30-23-17-10-9-16(13-17)22(23)26(33)27-3/h5-8,11-12,14-17,22-23H,4,9-10,13H2,1-3H3,(H,27,33)(H,29,32)(H,30,31)/t15?,16-,17+,22+,23-/m0/s1. The number of carbonyl (C=O) groups excluding carboxylic acids is 3. The molecule has 1 heterocycles. The minimum absolute atomic E-state index is 0.00434. The van der Waals surface area contributed by atoms with E-state index in [0.29, 0.717) is 23.3 Å². The number of pyridine rings is 1. The van der Waals surface area contributed by atoms with Gasteiger partial charge >= 0.3 is 0 Å². The number of hydrogen-bond acceptors (Lipinski definition) is 4. The maximum absolute atomic E-state index is 12.9. The third kappa shape index (κ3) is 4.63. The second-order valence-corrected chi connectivity index (χ2v) is 9.26. The molecule has 5 atom stereocenters. The van der Waals surface area contributed by atoms with Gasteiger partial charge in [-0.3, -0.25) is 19.4 Å². The van der Waals surface area contributed by atoms with Crippen molar-refractivity contribution in [3.05, 3.63) is 59.4 Å². The van der Waals surface area contributed by atoms with Crippen LogP contribution < -0.4 is 16.0 Å². The predicted molar refractivity (Wildman–Crippen MR) is 127 cm³/mol. The van der Waals surface area contributed by atoms with E-state index in [1.165, 1.54) is 6.20 Å². The first kappa shape index (κ1) is 23.0. The van der Waals surface area contributed by atoms with Gasteiger partial charge in [-0.15, -0.1) is 0 Å². The van der Waals surface area contributed by atoms with Gasteiger partial charge in [0.1, 0.15) is 5.69 Å². The molecule has 1 unspecified atom stereocenters. The highest BCUT2D eigenvalue weighted by molar-refractivity contribution is 6.04. The van der Waals surface area contributed by atoms with Crippen LogP contribution in [0, 0.1) is 17.8 Å². The molecule has 2 saturated carbocycles. The Morgan fingerprint density at radius 2 is 1.82 bits per heavy atom. The summed E-state index contributed by atoms with van der Waals surface area (Å²) in [7, 11) is 1.64. The second-order valence-electron chi connectivity index (χ2n) is 9.26. The summed E-state index contributed by atoms with van der Waals surface area (Å²) in [6.07, 6.45) is 5.46. The first-order chi connectivity index (χ1) is 15.9. The zero-order valence-electron chi connectivity index (χ0n) is 19.4. The van der Waals surface area contributed by atoms with Crippen LogP contribution in [-0.4, -0.2) is 35.8 Å². The first-order valence-electron chi connectivity index (χ1n) is 11.8. The molecular formula is C26H32N4O3. The van der Waals surface area contributed by atoms with E-state index in [9.17, 15) is 14.4 Å². The fourth-order valence-corrected chi connectivity index (χ4v) is 5.39. The first-order valence-corrected chi connectivity index (χ1v) is 11.8. The van der Waals surface area contributed by atoms with Gasteiger partial charge in [-0.1, -0.05) is 32.0 Å². The van der Waals surface area contributed by atoms with Crippen LogP contribution in [0.3, 0.4) is 0 Å². The van der Waals surface area contributed by atoms with Gasteiger partial charge in [0, 0.05) is 25.0 Å². The molecule has 2 bridgehead atoms. The molecule has 0 spiro atoms. The van der Waals surface area contributed by atoms with Crippen molar-refractivity contribution in [2.45, 2.75) is 51.5 Å². The van der Waals surface area contributed by atoms with E-state index in [-0.39, 0.29) is 35.4 Å². The highest BCUT2D eigenvalue weighted by Crippen LogP contribution is 2.48. The van der Waals surface area contributed by atoms with Crippen molar-refractivity contribution in [2.75, 3.05) is 12.4 Å². The number of benzene rings is 1. The van der Waals surface area contributed by atoms with Crippen molar-refractivity contribution in [2.24, 2.45) is 17.8 Å². The van der Waals surface area contributed by atoms with Gasteiger partial charge in [-0.05, 0) is 67.2 Å². The Hall–Kier alpha value is -3.22. The number of amides is 3. The highest BCUT2D eigenvalue weighted by Gasteiger charge is 2.51. The van der Waals surface area contributed by atoms with Crippen LogP contribution in [0.15, 0.2) is 42.6 Å². The number of nitrogens with one attached hydrogen (secondary N) is 3. The van der Waals surface area contributed by atoms with Crippen molar-refractivity contribution >= 4 is 23.4 Å². The lowest BCUT2D eigenvalue weighted by atomic mass is 9.83. The van der Waals surface area contributed by atoms with Gasteiger partial charge in [0.25, 0.3) is 11.8 Å². The number of anilines is 1. The van der Waals surface area contributed by atoms with E-state index < -0.39 is 0 Å². The molecule has 0 saturated heterocycles. The molecule has 3 amide bonds. The van der Waals surface area contributed by atoms with Crippen LogP contribution >= 0.6 is 0 Å². The van der Waals surface area contributed by atoms with Gasteiger partial charge in [0.2, 0.25) is 5.91 Å². The normalized spacial score (nSPS) is 24.2. The van der Waals surface area contributed by atoms with Crippen LogP contribution in [0.1, 0.15) is 71.9 Å². The van der Waals surface area contributed by atoms with E-state index in [1.54, 1.807) is 19.2 Å². The van der Waals surface area contributed by atoms with Crippen LogP contribution in [0.2, 0.25) is 0 Å². The summed E-state index contributed by atoms with van der Waals surface area (Å²) in [5.74, 6) is 0.239. The number of carbonyl (C=O) groups is 3. The Bertz CT molecular complexity index is 1040. The zero-order chi connectivity index (χ0) is 23.5. The molecular weight excluding hydrogens is 416 g/mol. The largest absolute Gasteiger partial charge is 0.359 e. The van der Waals surface area contributed by atoms with Gasteiger partial charge in [0.05, 0.1) is 11.5 Å². The van der Waals surface area contributed by atoms with Crippen LogP contribution in [0.25, 0.3) is 0 Å². The molecule has 174 valence electrons. The molecule has 3 N–H and O–H groups in total. The summed E-state index contributed by atoms with van der Waals surface area (Å²) in [5.41, 5.74) is 2.48. The fourth-order valence-electron chi connectivity index (χ4n) is 5.39. The average molecular weight is 449 g/mol. The smallest absolute Gasteiger partial charge is 0.274 e. The number of aromatic nitrogens is 1. The summed E-state index contributed by atoms with van der Waals surface area (Å²) in [4.78, 5) is 42.2. The Labute approximate surface area is 194 Å². The zero-order valence-corrected chi connectivity index (χ0v) is 19.4. The molecule has 7 nitrogen and oxygen atoms in total. The number of nitrogens with zero attached hydrogens (tertiary/aromatic N) is 1. The average Bonchev–Trinajstić information content (AvgIpc) is 3.45. The van der Waals surface area contributed by atoms with E-state index >= 15 is 0 Å². The van der Waals surface area contributed by atoms with Crippen LogP contribution in [0.5, 0.6) is 0 Å². The number of hydrogen-bond donors (Lipinski definition) is 3. The van der Waals surface area contributed by atoms with Crippen molar-refractivity contribution < 1.29 is 14.4 Å². The summed E-state index contributed by atoms with van der Waals surface area (Å²) in [6, 6.07) is 10.8. The SMILES string of the molecule is CCC(C)c1ccccc1NC(=O)c1ccc(C(=O)N[C@H]2[C@@H]3CC[C@@H](C3)[C@H]2C(=O)NC)cn1. The van der Waals surface area contributed by atoms with Crippen LogP contribution in [0.4, 0.5) is 5.69 Å². The molecule has 0 radical (unpaired) electrons. The maximum atomic E-state index is 12.9. The second kappa shape index (κ2) is 9.73. The van der Waals surface area contributed by atoms with Gasteiger partial charge in [-0.2, -0.15) is 0 Å². The van der Waals surface area contributed by atoms with E-state index in [0.717, 1.165) is 36.9 Å². The minimum Gasteiger partial charge on any atom is -0.359 e. The number of rotatable bonds is 7. The molecule has 2 fully saturated rings. The summed E-state index contributed by atoms with van der Waals surface area (Å²) >= 11 is 0. The fraction of sp³-hybridized carbons (Fsp3) is 0.462. The summed E-state index contributed by atoms with van der Waals surface area (Å²) in [5, 5.41) is 8.75. The molecule has 2 aromatic rings. The molecule has 1 aromatic heterocycles. The summed E-state index contributed by atoms with van der Waals surface area (Å²) < 4.78 is 0. The maximum Gasteiger partial charge on any atom is 0.274 e. The minimum atomic E-state index is -0.314. The van der Waals surface area contributed by atoms with Crippen LogP contribution in [-0.2, 0) is 4.79 Å². The van der Waals surface area contributed by atoms with Crippen molar-refractivity contribution in [1.82, 2.24) is 15.6 Å². The predicted octanol–water partition coefficient (Wildman–Crippen LogP) is 3.74. The Morgan fingerprint density at radius 3 is 2.52 bits per heavy atom. The molecule has 2 aliphatic rings. The molecule has 1 aromatic carbocycles. The molecule has 7 heteroatoms. The summed E-state index contributed by atoms with van der Waals surface area (Å²) in [6.45, 7) is 4.24. The van der Waals surface area contributed by atoms with Crippen molar-refractivity contribution in [3.8, 4) is 0 Å². The molecule has 2 aliphatic carbocycles. The van der Waals surface area contributed by atoms with E-state index in [4.69, 9.17) is 0 Å². The number of para-hydroxylation sites is 1. The third-order valence-electron chi connectivity index (χ3n) is 7.37. The quantitative estimate of drug-likeness (QED) is 0.601. The van der Waals surface area contributed by atoms with Gasteiger partial charge in [-0.25, -0.2) is 0 Å². The topological polar surface area (TPSA) is 100 Å². The Balaban J connectivity index is 1.43. The third-order valence-corrected chi connectivity index (χ3v) is 7.37. The lowest BCUT2D eigenvalue weighted by molar-refractivity contribution is -0.126. The molecule has 33 heavy (non-hydrogen) atoms.